The standard InChI is InChI=1S/C11H12N2O/c1-10(14)13-12-9-5-8-11-6-3-2-4-7-11/h2-9H,1H3,(H,13,14)/b8-5+,12-9+. The number of hydrogen-bond donors (Lipinski definition) is 1. The molecular formula is C11H12N2O. The summed E-state index contributed by atoms with van der Waals surface area (Å²) in [6, 6.07) is 9.86. The van der Waals surface area contributed by atoms with Crippen molar-refractivity contribution in [2.75, 3.05) is 0 Å². The first-order valence-electron chi connectivity index (χ1n) is 4.30. The van der Waals surface area contributed by atoms with E-state index in [1.807, 2.05) is 36.4 Å². The molecule has 0 aliphatic carbocycles. The quantitative estimate of drug-likeness (QED) is 0.570. The van der Waals surface area contributed by atoms with Gasteiger partial charge in [0.15, 0.2) is 0 Å². The molecule has 0 radical (unpaired) electrons. The molecule has 0 heterocycles. The molecule has 1 rings (SSSR count). The smallest absolute Gasteiger partial charge is 0.236 e. The molecule has 1 N–H and O–H groups in total. The van der Waals surface area contributed by atoms with Crippen LogP contribution in [0.2, 0.25) is 0 Å². The van der Waals surface area contributed by atoms with Gasteiger partial charge in [-0.2, -0.15) is 5.10 Å². The van der Waals surface area contributed by atoms with Crippen molar-refractivity contribution < 1.29 is 4.79 Å². The van der Waals surface area contributed by atoms with Gasteiger partial charge in [0.25, 0.3) is 0 Å². The number of carbonyl (C=O) groups is 1. The predicted molar refractivity (Wildman–Crippen MR) is 57.8 cm³/mol. The zero-order valence-corrected chi connectivity index (χ0v) is 7.97. The molecule has 0 saturated carbocycles. The fourth-order valence-corrected chi connectivity index (χ4v) is 0.889. The molecule has 1 aromatic carbocycles. The highest BCUT2D eigenvalue weighted by Gasteiger charge is 1.81. The highest BCUT2D eigenvalue weighted by atomic mass is 16.2. The van der Waals surface area contributed by atoms with Crippen molar-refractivity contribution in [3.05, 3.63) is 42.0 Å². The van der Waals surface area contributed by atoms with Gasteiger partial charge < -0.3 is 0 Å². The van der Waals surface area contributed by atoms with Crippen LogP contribution >= 0.6 is 0 Å². The van der Waals surface area contributed by atoms with Crippen LogP contribution in [0.4, 0.5) is 0 Å². The first kappa shape index (κ1) is 10.2. The van der Waals surface area contributed by atoms with Crippen LogP contribution in [0.25, 0.3) is 6.08 Å². The number of rotatable bonds is 3. The summed E-state index contributed by atoms with van der Waals surface area (Å²) in [5.41, 5.74) is 3.41. The number of hydrazone groups is 1. The van der Waals surface area contributed by atoms with Gasteiger partial charge >= 0.3 is 0 Å². The normalized spacial score (nSPS) is 10.9. The van der Waals surface area contributed by atoms with Crippen molar-refractivity contribution in [2.45, 2.75) is 6.92 Å². The molecule has 0 unspecified atom stereocenters. The molecular weight excluding hydrogens is 176 g/mol. The topological polar surface area (TPSA) is 41.5 Å². The van der Waals surface area contributed by atoms with Crippen molar-refractivity contribution in [3.63, 3.8) is 0 Å². The Morgan fingerprint density at radius 1 is 1.36 bits per heavy atom. The lowest BCUT2D eigenvalue weighted by Crippen LogP contribution is -2.11. The largest absolute Gasteiger partial charge is 0.274 e. The van der Waals surface area contributed by atoms with Gasteiger partial charge in [0, 0.05) is 13.1 Å². The van der Waals surface area contributed by atoms with E-state index in [9.17, 15) is 4.79 Å². The SMILES string of the molecule is CC(=O)N/N=C/C=C/c1ccccc1. The molecule has 0 fully saturated rings. The second-order valence-electron chi connectivity index (χ2n) is 2.72. The van der Waals surface area contributed by atoms with Gasteiger partial charge in [-0.1, -0.05) is 36.4 Å². The molecule has 0 aliphatic rings. The summed E-state index contributed by atoms with van der Waals surface area (Å²) in [7, 11) is 0. The number of hydrogen-bond acceptors (Lipinski definition) is 2. The second-order valence-corrected chi connectivity index (χ2v) is 2.72. The molecule has 14 heavy (non-hydrogen) atoms. The Hall–Kier alpha value is -1.90. The average molecular weight is 188 g/mol. The first-order valence-corrected chi connectivity index (χ1v) is 4.30. The van der Waals surface area contributed by atoms with E-state index in [2.05, 4.69) is 10.5 Å². The summed E-state index contributed by atoms with van der Waals surface area (Å²) in [5, 5.41) is 3.67. The monoisotopic (exact) mass is 188 g/mol. The summed E-state index contributed by atoms with van der Waals surface area (Å²) in [6.07, 6.45) is 5.21. The lowest BCUT2D eigenvalue weighted by atomic mass is 10.2. The van der Waals surface area contributed by atoms with Crippen LogP contribution in [0.3, 0.4) is 0 Å². The van der Waals surface area contributed by atoms with Crippen molar-refractivity contribution in [2.24, 2.45) is 5.10 Å². The molecule has 1 aromatic rings. The summed E-state index contributed by atoms with van der Waals surface area (Å²) in [6.45, 7) is 1.41. The number of amides is 1. The summed E-state index contributed by atoms with van der Waals surface area (Å²) >= 11 is 0. The lowest BCUT2D eigenvalue weighted by Gasteiger charge is -1.89. The third-order valence-corrected chi connectivity index (χ3v) is 1.47. The van der Waals surface area contributed by atoms with E-state index >= 15 is 0 Å². The Bertz CT molecular complexity index is 342. The maximum absolute atomic E-state index is 10.4. The van der Waals surface area contributed by atoms with Gasteiger partial charge in [-0.25, -0.2) is 5.43 Å². The Kier molecular flexibility index (Phi) is 4.14. The van der Waals surface area contributed by atoms with Crippen molar-refractivity contribution >= 4 is 18.2 Å². The lowest BCUT2D eigenvalue weighted by molar-refractivity contribution is -0.118. The fourth-order valence-electron chi connectivity index (χ4n) is 0.889. The average Bonchev–Trinajstić information content (AvgIpc) is 2.18. The van der Waals surface area contributed by atoms with E-state index in [1.54, 1.807) is 6.08 Å². The van der Waals surface area contributed by atoms with Gasteiger partial charge in [0.05, 0.1) is 0 Å². The number of allylic oxidation sites excluding steroid dienone is 1. The van der Waals surface area contributed by atoms with E-state index < -0.39 is 0 Å². The molecule has 0 bridgehead atoms. The van der Waals surface area contributed by atoms with Crippen molar-refractivity contribution in [1.82, 2.24) is 5.43 Å². The fraction of sp³-hybridized carbons (Fsp3) is 0.0909. The molecule has 0 saturated heterocycles. The Morgan fingerprint density at radius 2 is 2.07 bits per heavy atom. The number of benzene rings is 1. The van der Waals surface area contributed by atoms with E-state index in [0.717, 1.165) is 5.56 Å². The highest BCUT2D eigenvalue weighted by molar-refractivity contribution is 5.80. The summed E-state index contributed by atoms with van der Waals surface area (Å²) < 4.78 is 0. The molecule has 3 nitrogen and oxygen atoms in total. The van der Waals surface area contributed by atoms with Gasteiger partial charge in [-0.3, -0.25) is 4.79 Å². The number of nitrogens with one attached hydrogen (secondary N) is 1. The van der Waals surface area contributed by atoms with Crippen LogP contribution in [0.15, 0.2) is 41.5 Å². The first-order chi connectivity index (χ1) is 6.79. The molecule has 0 aliphatic heterocycles. The molecule has 3 heteroatoms. The summed E-state index contributed by atoms with van der Waals surface area (Å²) in [5.74, 6) is -0.172. The minimum absolute atomic E-state index is 0.172. The maximum Gasteiger partial charge on any atom is 0.236 e. The number of nitrogens with zero attached hydrogens (tertiary/aromatic N) is 1. The second kappa shape index (κ2) is 5.70. The molecule has 72 valence electrons. The van der Waals surface area contributed by atoms with Crippen molar-refractivity contribution in [1.29, 1.82) is 0 Å². The molecule has 0 spiro atoms. The minimum atomic E-state index is -0.172. The third kappa shape index (κ3) is 4.21. The van der Waals surface area contributed by atoms with E-state index in [1.165, 1.54) is 13.1 Å². The molecule has 1 amide bonds. The van der Waals surface area contributed by atoms with Crippen LogP contribution in [0, 0.1) is 0 Å². The zero-order chi connectivity index (χ0) is 10.2. The number of carbonyl (C=O) groups excluding carboxylic acids is 1. The van der Waals surface area contributed by atoms with Crippen molar-refractivity contribution in [3.8, 4) is 0 Å². The van der Waals surface area contributed by atoms with Crippen LogP contribution in [0.1, 0.15) is 12.5 Å². The van der Waals surface area contributed by atoms with Gasteiger partial charge in [-0.05, 0) is 11.6 Å². The minimum Gasteiger partial charge on any atom is -0.274 e. The molecule has 0 atom stereocenters. The van der Waals surface area contributed by atoms with Crippen LogP contribution in [-0.2, 0) is 4.79 Å². The van der Waals surface area contributed by atoms with E-state index in [-0.39, 0.29) is 5.91 Å². The Morgan fingerprint density at radius 3 is 2.71 bits per heavy atom. The zero-order valence-electron chi connectivity index (χ0n) is 7.97. The van der Waals surface area contributed by atoms with E-state index in [0.29, 0.717) is 0 Å². The predicted octanol–water partition coefficient (Wildman–Crippen LogP) is 1.82. The van der Waals surface area contributed by atoms with Crippen LogP contribution in [0.5, 0.6) is 0 Å². The van der Waals surface area contributed by atoms with Crippen LogP contribution in [-0.4, -0.2) is 12.1 Å². The Balaban J connectivity index is 2.42. The third-order valence-electron chi connectivity index (χ3n) is 1.47. The molecule has 0 aromatic heterocycles. The highest BCUT2D eigenvalue weighted by Crippen LogP contribution is 1.99. The van der Waals surface area contributed by atoms with Gasteiger partial charge in [0.1, 0.15) is 0 Å². The van der Waals surface area contributed by atoms with E-state index in [4.69, 9.17) is 0 Å². The maximum atomic E-state index is 10.4. The van der Waals surface area contributed by atoms with Gasteiger partial charge in [0.2, 0.25) is 5.91 Å². The van der Waals surface area contributed by atoms with Crippen LogP contribution < -0.4 is 5.43 Å². The Labute approximate surface area is 83.1 Å². The van der Waals surface area contributed by atoms with Gasteiger partial charge in [-0.15, -0.1) is 0 Å². The summed E-state index contributed by atoms with van der Waals surface area (Å²) in [4.78, 5) is 10.4.